The van der Waals surface area contributed by atoms with Crippen molar-refractivity contribution in [2.24, 2.45) is 5.92 Å². The van der Waals surface area contributed by atoms with E-state index in [9.17, 15) is 9.59 Å². The van der Waals surface area contributed by atoms with Crippen LogP contribution < -0.4 is 16.0 Å². The third-order valence-corrected chi connectivity index (χ3v) is 4.84. The number of carbonyl (C=O) groups is 2. The van der Waals surface area contributed by atoms with Crippen molar-refractivity contribution in [3.63, 3.8) is 0 Å². The summed E-state index contributed by atoms with van der Waals surface area (Å²) in [6.07, 6.45) is 4.59. The molecular formula is C21H25N3O2. The van der Waals surface area contributed by atoms with Gasteiger partial charge in [-0.1, -0.05) is 44.0 Å². The maximum Gasteiger partial charge on any atom is 0.319 e. The predicted molar refractivity (Wildman–Crippen MR) is 104 cm³/mol. The van der Waals surface area contributed by atoms with Crippen LogP contribution in [0.4, 0.5) is 16.2 Å². The van der Waals surface area contributed by atoms with Gasteiger partial charge in [0.05, 0.1) is 0 Å². The molecular weight excluding hydrogens is 326 g/mol. The summed E-state index contributed by atoms with van der Waals surface area (Å²) < 4.78 is 0. The fraction of sp³-hybridized carbons (Fsp3) is 0.333. The topological polar surface area (TPSA) is 70.2 Å². The molecule has 26 heavy (non-hydrogen) atoms. The van der Waals surface area contributed by atoms with Crippen molar-refractivity contribution in [2.75, 3.05) is 10.6 Å². The fourth-order valence-electron chi connectivity index (χ4n) is 3.33. The Kier molecular flexibility index (Phi) is 5.89. The minimum atomic E-state index is -0.199. The van der Waals surface area contributed by atoms with Gasteiger partial charge in [0.1, 0.15) is 0 Å². The molecule has 1 fully saturated rings. The second kappa shape index (κ2) is 8.52. The third-order valence-electron chi connectivity index (χ3n) is 4.84. The smallest absolute Gasteiger partial charge is 0.319 e. The van der Waals surface area contributed by atoms with Gasteiger partial charge in [-0.25, -0.2) is 4.79 Å². The number of anilines is 2. The molecule has 0 aliphatic heterocycles. The summed E-state index contributed by atoms with van der Waals surface area (Å²) in [6.45, 7) is 2.18. The van der Waals surface area contributed by atoms with E-state index in [0.717, 1.165) is 19.3 Å². The van der Waals surface area contributed by atoms with Crippen LogP contribution in [0.15, 0.2) is 54.6 Å². The highest BCUT2D eigenvalue weighted by atomic mass is 16.2. The molecule has 0 aromatic heterocycles. The highest BCUT2D eigenvalue weighted by Crippen LogP contribution is 2.24. The molecule has 5 heteroatoms. The Morgan fingerprint density at radius 2 is 1.58 bits per heavy atom. The summed E-state index contributed by atoms with van der Waals surface area (Å²) in [5.41, 5.74) is 1.88. The van der Waals surface area contributed by atoms with Crippen LogP contribution in [0.25, 0.3) is 0 Å². The molecule has 3 N–H and O–H groups in total. The Bertz CT molecular complexity index is 761. The van der Waals surface area contributed by atoms with E-state index in [0.29, 0.717) is 22.9 Å². The van der Waals surface area contributed by atoms with Gasteiger partial charge in [-0.2, -0.15) is 0 Å². The van der Waals surface area contributed by atoms with Crippen LogP contribution in [0.2, 0.25) is 0 Å². The van der Waals surface area contributed by atoms with Crippen LogP contribution in [0.5, 0.6) is 0 Å². The van der Waals surface area contributed by atoms with Gasteiger partial charge in [0.2, 0.25) is 0 Å². The molecule has 0 radical (unpaired) electrons. The normalized spacial score (nSPS) is 19.4. The van der Waals surface area contributed by atoms with Gasteiger partial charge in [0, 0.05) is 23.0 Å². The first-order chi connectivity index (χ1) is 12.6. The molecule has 1 aliphatic rings. The van der Waals surface area contributed by atoms with Crippen LogP contribution in [0.3, 0.4) is 0 Å². The van der Waals surface area contributed by atoms with E-state index in [1.165, 1.54) is 6.42 Å². The van der Waals surface area contributed by atoms with E-state index in [1.54, 1.807) is 30.3 Å². The van der Waals surface area contributed by atoms with Gasteiger partial charge in [-0.05, 0) is 49.1 Å². The van der Waals surface area contributed by atoms with Gasteiger partial charge in [0.25, 0.3) is 5.91 Å². The highest BCUT2D eigenvalue weighted by molar-refractivity contribution is 6.04. The van der Waals surface area contributed by atoms with Gasteiger partial charge in [-0.3, -0.25) is 4.79 Å². The maximum atomic E-state index is 12.3. The molecule has 5 nitrogen and oxygen atoms in total. The van der Waals surface area contributed by atoms with Crippen LogP contribution in [-0.2, 0) is 0 Å². The molecule has 0 bridgehead atoms. The Balaban J connectivity index is 1.58. The zero-order valence-electron chi connectivity index (χ0n) is 15.0. The lowest BCUT2D eigenvalue weighted by Gasteiger charge is -2.29. The standard InChI is InChI=1S/C21H25N3O2/c1-15-8-5-6-13-19(15)24-21(26)23-18-12-7-11-17(14-18)22-20(25)16-9-3-2-4-10-16/h2-4,7,9-12,14-15,19H,5-6,8,13H2,1H3,(H,22,25)(H2,23,24,26). The van der Waals surface area contributed by atoms with E-state index in [-0.39, 0.29) is 18.0 Å². The van der Waals surface area contributed by atoms with Crippen LogP contribution in [0.1, 0.15) is 43.0 Å². The minimum Gasteiger partial charge on any atom is -0.335 e. The maximum absolute atomic E-state index is 12.3. The summed E-state index contributed by atoms with van der Waals surface area (Å²) >= 11 is 0. The van der Waals surface area contributed by atoms with E-state index in [1.807, 2.05) is 24.3 Å². The molecule has 2 aromatic carbocycles. The zero-order chi connectivity index (χ0) is 18.4. The average Bonchev–Trinajstić information content (AvgIpc) is 2.64. The van der Waals surface area contributed by atoms with Gasteiger partial charge >= 0.3 is 6.03 Å². The van der Waals surface area contributed by atoms with Gasteiger partial charge < -0.3 is 16.0 Å². The summed E-state index contributed by atoms with van der Waals surface area (Å²) in [5.74, 6) is 0.328. The third kappa shape index (κ3) is 4.85. The van der Waals surface area contributed by atoms with E-state index in [2.05, 4.69) is 22.9 Å². The molecule has 3 rings (SSSR count). The lowest BCUT2D eigenvalue weighted by Crippen LogP contribution is -2.43. The molecule has 2 aromatic rings. The largest absolute Gasteiger partial charge is 0.335 e. The first-order valence-corrected chi connectivity index (χ1v) is 9.16. The molecule has 0 saturated heterocycles. The van der Waals surface area contributed by atoms with Crippen molar-refractivity contribution < 1.29 is 9.59 Å². The van der Waals surface area contributed by atoms with Gasteiger partial charge in [-0.15, -0.1) is 0 Å². The number of benzene rings is 2. The SMILES string of the molecule is CC1CCCCC1NC(=O)Nc1cccc(NC(=O)c2ccccc2)c1. The van der Waals surface area contributed by atoms with Crippen molar-refractivity contribution in [1.29, 1.82) is 0 Å². The molecule has 2 atom stereocenters. The van der Waals surface area contributed by atoms with E-state index >= 15 is 0 Å². The van der Waals surface area contributed by atoms with Crippen molar-refractivity contribution >= 4 is 23.3 Å². The Hall–Kier alpha value is -2.82. The second-order valence-corrected chi connectivity index (χ2v) is 6.87. The fourth-order valence-corrected chi connectivity index (χ4v) is 3.33. The molecule has 1 saturated carbocycles. The van der Waals surface area contributed by atoms with Crippen molar-refractivity contribution in [3.8, 4) is 0 Å². The summed E-state index contributed by atoms with van der Waals surface area (Å²) in [5, 5.41) is 8.78. The number of rotatable bonds is 4. The van der Waals surface area contributed by atoms with Gasteiger partial charge in [0.15, 0.2) is 0 Å². The lowest BCUT2D eigenvalue weighted by molar-refractivity contribution is 0.102. The molecule has 0 heterocycles. The molecule has 1 aliphatic carbocycles. The summed E-state index contributed by atoms with van der Waals surface area (Å²) in [6, 6.07) is 16.2. The van der Waals surface area contributed by atoms with Crippen LogP contribution in [-0.4, -0.2) is 18.0 Å². The zero-order valence-corrected chi connectivity index (χ0v) is 15.0. The summed E-state index contributed by atoms with van der Waals surface area (Å²) in [7, 11) is 0. The van der Waals surface area contributed by atoms with Crippen LogP contribution in [0, 0.1) is 5.92 Å². The molecule has 136 valence electrons. The highest BCUT2D eigenvalue weighted by Gasteiger charge is 2.22. The first kappa shape index (κ1) is 18.0. The Morgan fingerprint density at radius 3 is 2.31 bits per heavy atom. The number of nitrogens with one attached hydrogen (secondary N) is 3. The Morgan fingerprint density at radius 1 is 0.885 bits per heavy atom. The van der Waals surface area contributed by atoms with E-state index in [4.69, 9.17) is 0 Å². The number of hydrogen-bond donors (Lipinski definition) is 3. The number of urea groups is 1. The van der Waals surface area contributed by atoms with Crippen molar-refractivity contribution in [3.05, 3.63) is 60.2 Å². The van der Waals surface area contributed by atoms with Crippen molar-refractivity contribution in [1.82, 2.24) is 5.32 Å². The number of hydrogen-bond acceptors (Lipinski definition) is 2. The van der Waals surface area contributed by atoms with E-state index < -0.39 is 0 Å². The van der Waals surface area contributed by atoms with Crippen LogP contribution >= 0.6 is 0 Å². The number of amides is 3. The Labute approximate surface area is 154 Å². The van der Waals surface area contributed by atoms with Crippen molar-refractivity contribution in [2.45, 2.75) is 38.6 Å². The monoisotopic (exact) mass is 351 g/mol. The number of carbonyl (C=O) groups excluding carboxylic acids is 2. The summed E-state index contributed by atoms with van der Waals surface area (Å²) in [4.78, 5) is 24.5. The molecule has 0 spiro atoms. The quantitative estimate of drug-likeness (QED) is 0.751. The molecule has 3 amide bonds. The predicted octanol–water partition coefficient (Wildman–Crippen LogP) is 4.64. The minimum absolute atomic E-state index is 0.178. The molecule has 2 unspecified atom stereocenters. The lowest BCUT2D eigenvalue weighted by atomic mass is 9.86. The second-order valence-electron chi connectivity index (χ2n) is 6.87. The average molecular weight is 351 g/mol. The first-order valence-electron chi connectivity index (χ1n) is 9.16.